The topological polar surface area (TPSA) is 85.2 Å². The number of carbonyl (C=O) groups excluding carboxylic acids is 1. The number of nitrogens with one attached hydrogen (secondary N) is 1. The highest BCUT2D eigenvalue weighted by Crippen LogP contribution is 2.20. The van der Waals surface area contributed by atoms with Crippen molar-refractivity contribution in [1.29, 1.82) is 0 Å². The predicted octanol–water partition coefficient (Wildman–Crippen LogP) is 2.20. The summed E-state index contributed by atoms with van der Waals surface area (Å²) in [5.74, 6) is 0.128. The van der Waals surface area contributed by atoms with E-state index in [1.807, 2.05) is 19.1 Å². The molecule has 0 atom stereocenters. The molecule has 28 heavy (non-hydrogen) atoms. The SMILES string of the molecule is Cc1nc(N2CCOCC2)ccc1NC(=O)c1cn(-c2ccc(F)cc2)nn1. The van der Waals surface area contributed by atoms with Crippen molar-refractivity contribution < 1.29 is 13.9 Å². The Morgan fingerprint density at radius 3 is 2.61 bits per heavy atom. The highest BCUT2D eigenvalue weighted by atomic mass is 19.1. The first kappa shape index (κ1) is 18.1. The van der Waals surface area contributed by atoms with Crippen molar-refractivity contribution in [1.82, 2.24) is 20.0 Å². The number of pyridine rings is 1. The van der Waals surface area contributed by atoms with Crippen LogP contribution in [0.3, 0.4) is 0 Å². The third kappa shape index (κ3) is 3.84. The van der Waals surface area contributed by atoms with Crippen LogP contribution >= 0.6 is 0 Å². The fourth-order valence-corrected chi connectivity index (χ4v) is 2.92. The third-order valence-corrected chi connectivity index (χ3v) is 4.47. The quantitative estimate of drug-likeness (QED) is 0.745. The molecule has 0 unspecified atom stereocenters. The fourth-order valence-electron chi connectivity index (χ4n) is 2.92. The number of rotatable bonds is 4. The molecular formula is C19H19FN6O2. The lowest BCUT2D eigenvalue weighted by Crippen LogP contribution is -2.36. The number of aromatic nitrogens is 4. The van der Waals surface area contributed by atoms with Crippen molar-refractivity contribution in [2.45, 2.75) is 6.92 Å². The molecule has 1 aromatic carbocycles. The third-order valence-electron chi connectivity index (χ3n) is 4.47. The van der Waals surface area contributed by atoms with Gasteiger partial charge in [0, 0.05) is 13.1 Å². The molecule has 0 spiro atoms. The van der Waals surface area contributed by atoms with Crippen molar-refractivity contribution in [3.8, 4) is 5.69 Å². The van der Waals surface area contributed by atoms with E-state index in [9.17, 15) is 9.18 Å². The molecule has 1 saturated heterocycles. The Kier molecular flexibility index (Phi) is 4.98. The standard InChI is InChI=1S/C19H19FN6O2/c1-13-16(6-7-18(21-13)25-8-10-28-11-9-25)22-19(27)17-12-26(24-23-17)15-4-2-14(20)3-5-15/h2-7,12H,8-11H2,1H3,(H,22,27). The van der Waals surface area contributed by atoms with Gasteiger partial charge in [-0.25, -0.2) is 14.1 Å². The molecule has 1 aliphatic rings. The number of nitrogens with zero attached hydrogens (tertiary/aromatic N) is 5. The van der Waals surface area contributed by atoms with Crippen LogP contribution in [-0.4, -0.2) is 52.2 Å². The summed E-state index contributed by atoms with van der Waals surface area (Å²) >= 11 is 0. The summed E-state index contributed by atoms with van der Waals surface area (Å²) in [5, 5.41) is 10.6. The number of aryl methyl sites for hydroxylation is 1. The van der Waals surface area contributed by atoms with Gasteiger partial charge < -0.3 is 15.0 Å². The minimum Gasteiger partial charge on any atom is -0.378 e. The van der Waals surface area contributed by atoms with Crippen LogP contribution in [0.1, 0.15) is 16.2 Å². The Hall–Kier alpha value is -3.33. The highest BCUT2D eigenvalue weighted by molar-refractivity contribution is 6.03. The van der Waals surface area contributed by atoms with Crippen LogP contribution in [-0.2, 0) is 4.74 Å². The zero-order valence-electron chi connectivity index (χ0n) is 15.3. The van der Waals surface area contributed by atoms with E-state index in [-0.39, 0.29) is 11.5 Å². The molecule has 1 amide bonds. The van der Waals surface area contributed by atoms with Crippen molar-refractivity contribution in [3.63, 3.8) is 0 Å². The highest BCUT2D eigenvalue weighted by Gasteiger charge is 2.16. The molecule has 1 aliphatic heterocycles. The fraction of sp³-hybridized carbons (Fsp3) is 0.263. The van der Waals surface area contributed by atoms with Crippen LogP contribution < -0.4 is 10.2 Å². The summed E-state index contributed by atoms with van der Waals surface area (Å²) in [6, 6.07) is 9.47. The number of anilines is 2. The monoisotopic (exact) mass is 382 g/mol. The average molecular weight is 382 g/mol. The minimum absolute atomic E-state index is 0.154. The normalized spacial score (nSPS) is 14.1. The average Bonchev–Trinajstić information content (AvgIpc) is 3.21. The summed E-state index contributed by atoms with van der Waals surface area (Å²) in [5.41, 5.74) is 2.09. The maximum atomic E-state index is 13.0. The number of benzene rings is 1. The van der Waals surface area contributed by atoms with E-state index in [2.05, 4.69) is 25.5 Å². The maximum Gasteiger partial charge on any atom is 0.277 e. The number of morpholine rings is 1. The van der Waals surface area contributed by atoms with Crippen LogP contribution in [0.5, 0.6) is 0 Å². The predicted molar refractivity (Wildman–Crippen MR) is 101 cm³/mol. The first-order chi connectivity index (χ1) is 13.6. The van der Waals surface area contributed by atoms with Gasteiger partial charge in [0.25, 0.3) is 5.91 Å². The first-order valence-corrected chi connectivity index (χ1v) is 8.90. The summed E-state index contributed by atoms with van der Waals surface area (Å²) in [6.07, 6.45) is 1.49. The van der Waals surface area contributed by atoms with Gasteiger partial charge in [-0.15, -0.1) is 5.10 Å². The van der Waals surface area contributed by atoms with Gasteiger partial charge >= 0.3 is 0 Å². The summed E-state index contributed by atoms with van der Waals surface area (Å²) in [6.45, 7) is 4.80. The number of amides is 1. The lowest BCUT2D eigenvalue weighted by molar-refractivity contribution is 0.102. The second-order valence-corrected chi connectivity index (χ2v) is 6.38. The van der Waals surface area contributed by atoms with E-state index in [0.717, 1.165) is 18.9 Å². The van der Waals surface area contributed by atoms with Gasteiger partial charge in [-0.05, 0) is 43.3 Å². The molecule has 1 N–H and O–H groups in total. The van der Waals surface area contributed by atoms with Crippen molar-refractivity contribution in [2.75, 3.05) is 36.5 Å². The van der Waals surface area contributed by atoms with E-state index in [1.54, 1.807) is 12.1 Å². The van der Waals surface area contributed by atoms with E-state index < -0.39 is 5.91 Å². The maximum absolute atomic E-state index is 13.0. The van der Waals surface area contributed by atoms with Crippen LogP contribution in [0.4, 0.5) is 15.9 Å². The Balaban J connectivity index is 1.47. The lowest BCUT2D eigenvalue weighted by Gasteiger charge is -2.28. The molecule has 0 bridgehead atoms. The molecule has 9 heteroatoms. The molecule has 3 aromatic rings. The van der Waals surface area contributed by atoms with Gasteiger partial charge in [-0.1, -0.05) is 5.21 Å². The van der Waals surface area contributed by atoms with Crippen LogP contribution in [0.25, 0.3) is 5.69 Å². The largest absolute Gasteiger partial charge is 0.378 e. The van der Waals surface area contributed by atoms with Crippen LogP contribution in [0.15, 0.2) is 42.6 Å². The van der Waals surface area contributed by atoms with Gasteiger partial charge in [0.2, 0.25) is 0 Å². The molecule has 1 fully saturated rings. The minimum atomic E-state index is -0.391. The Bertz CT molecular complexity index is 982. The number of ether oxygens (including phenoxy) is 1. The summed E-state index contributed by atoms with van der Waals surface area (Å²) < 4.78 is 19.8. The Morgan fingerprint density at radius 1 is 1.14 bits per heavy atom. The molecule has 144 valence electrons. The van der Waals surface area contributed by atoms with Crippen molar-refractivity contribution in [2.24, 2.45) is 0 Å². The number of halogens is 1. The van der Waals surface area contributed by atoms with Crippen LogP contribution in [0.2, 0.25) is 0 Å². The molecular weight excluding hydrogens is 363 g/mol. The molecule has 4 rings (SSSR count). The Morgan fingerprint density at radius 2 is 1.89 bits per heavy atom. The smallest absolute Gasteiger partial charge is 0.277 e. The molecule has 0 aliphatic carbocycles. The second kappa shape index (κ2) is 7.73. The zero-order chi connectivity index (χ0) is 19.5. The summed E-state index contributed by atoms with van der Waals surface area (Å²) in [7, 11) is 0. The van der Waals surface area contributed by atoms with Crippen molar-refractivity contribution >= 4 is 17.4 Å². The number of hydrogen-bond acceptors (Lipinski definition) is 6. The van der Waals surface area contributed by atoms with E-state index in [0.29, 0.717) is 30.3 Å². The van der Waals surface area contributed by atoms with Gasteiger partial charge in [0.1, 0.15) is 11.6 Å². The van der Waals surface area contributed by atoms with Gasteiger partial charge in [-0.3, -0.25) is 4.79 Å². The zero-order valence-corrected chi connectivity index (χ0v) is 15.3. The summed E-state index contributed by atoms with van der Waals surface area (Å²) in [4.78, 5) is 19.2. The lowest BCUT2D eigenvalue weighted by atomic mass is 10.2. The molecule has 8 nitrogen and oxygen atoms in total. The molecule has 0 radical (unpaired) electrons. The van der Waals surface area contributed by atoms with Gasteiger partial charge in [0.15, 0.2) is 5.69 Å². The van der Waals surface area contributed by atoms with Gasteiger partial charge in [-0.2, -0.15) is 0 Å². The number of carbonyl (C=O) groups is 1. The first-order valence-electron chi connectivity index (χ1n) is 8.90. The second-order valence-electron chi connectivity index (χ2n) is 6.38. The van der Waals surface area contributed by atoms with E-state index in [1.165, 1.54) is 23.0 Å². The Labute approximate surface area is 160 Å². The number of hydrogen-bond donors (Lipinski definition) is 1. The molecule has 0 saturated carbocycles. The van der Waals surface area contributed by atoms with E-state index in [4.69, 9.17) is 4.74 Å². The van der Waals surface area contributed by atoms with Crippen molar-refractivity contribution in [3.05, 3.63) is 59.8 Å². The van der Waals surface area contributed by atoms with Gasteiger partial charge in [0.05, 0.1) is 36.5 Å². The molecule has 3 heterocycles. The molecule has 2 aromatic heterocycles. The van der Waals surface area contributed by atoms with E-state index >= 15 is 0 Å². The van der Waals surface area contributed by atoms with Crippen LogP contribution in [0, 0.1) is 12.7 Å².